The number of hydrogen-bond donors (Lipinski definition) is 0. The summed E-state index contributed by atoms with van der Waals surface area (Å²) in [5.41, 5.74) is 0. The molecule has 0 aliphatic heterocycles. The van der Waals surface area contributed by atoms with E-state index in [4.69, 9.17) is 9.47 Å². The van der Waals surface area contributed by atoms with E-state index < -0.39 is 0 Å². The molecule has 0 fully saturated rings. The summed E-state index contributed by atoms with van der Waals surface area (Å²) in [6.07, 6.45) is 1.63. The van der Waals surface area contributed by atoms with Crippen molar-refractivity contribution in [1.29, 1.82) is 0 Å². The predicted molar refractivity (Wildman–Crippen MR) is 40.5 cm³/mol. The van der Waals surface area contributed by atoms with E-state index in [-0.39, 0.29) is 6.29 Å². The van der Waals surface area contributed by atoms with Crippen LogP contribution in [0.1, 0.15) is 6.92 Å². The first-order chi connectivity index (χ1) is 4.26. The third kappa shape index (κ3) is 2.98. The molecule has 0 rings (SSSR count). The fourth-order valence-corrected chi connectivity index (χ4v) is 0.831. The minimum Gasteiger partial charge on any atom is -0.351 e. The van der Waals surface area contributed by atoms with E-state index in [1.807, 2.05) is 13.0 Å². The second-order valence-electron chi connectivity index (χ2n) is 1.48. The summed E-state index contributed by atoms with van der Waals surface area (Å²) in [6, 6.07) is 0. The second kappa shape index (κ2) is 4.97. The van der Waals surface area contributed by atoms with Gasteiger partial charge >= 0.3 is 0 Å². The molecule has 54 valence electrons. The second-order valence-corrected chi connectivity index (χ2v) is 2.39. The van der Waals surface area contributed by atoms with Crippen LogP contribution in [0.3, 0.4) is 0 Å². The molecular weight excluding hydrogens is 184 g/mol. The van der Waals surface area contributed by atoms with Crippen molar-refractivity contribution in [2.75, 3.05) is 14.2 Å². The predicted octanol–water partition coefficient (Wildman–Crippen LogP) is 1.90. The van der Waals surface area contributed by atoms with E-state index in [2.05, 4.69) is 15.9 Å². The summed E-state index contributed by atoms with van der Waals surface area (Å²) < 4.78 is 10.7. The molecule has 0 amide bonds. The Morgan fingerprint density at radius 3 is 2.00 bits per heavy atom. The van der Waals surface area contributed by atoms with Crippen molar-refractivity contribution in [3.63, 3.8) is 0 Å². The summed E-state index contributed by atoms with van der Waals surface area (Å²) in [5.74, 6) is 0. The Kier molecular flexibility index (Phi) is 5.04. The van der Waals surface area contributed by atoms with Crippen LogP contribution < -0.4 is 0 Å². The summed E-state index contributed by atoms with van der Waals surface area (Å²) in [6.45, 7) is 1.91. The molecule has 2 nitrogen and oxygen atoms in total. The zero-order valence-electron chi connectivity index (χ0n) is 5.85. The largest absolute Gasteiger partial charge is 0.351 e. The van der Waals surface area contributed by atoms with Crippen LogP contribution in [0.4, 0.5) is 0 Å². The van der Waals surface area contributed by atoms with E-state index in [0.717, 1.165) is 4.48 Å². The highest BCUT2D eigenvalue weighted by Gasteiger charge is 2.06. The van der Waals surface area contributed by atoms with Gasteiger partial charge in [-0.2, -0.15) is 0 Å². The van der Waals surface area contributed by atoms with E-state index in [1.165, 1.54) is 0 Å². The van der Waals surface area contributed by atoms with Gasteiger partial charge in [-0.25, -0.2) is 0 Å². The first kappa shape index (κ1) is 9.14. The number of allylic oxidation sites excluding steroid dienone is 1. The maximum Gasteiger partial charge on any atom is 0.189 e. The third-order valence-corrected chi connectivity index (χ3v) is 1.76. The van der Waals surface area contributed by atoms with Gasteiger partial charge in [-0.3, -0.25) is 0 Å². The maximum atomic E-state index is 4.91. The molecule has 0 aliphatic carbocycles. The molecule has 0 unspecified atom stereocenters. The van der Waals surface area contributed by atoms with Crippen molar-refractivity contribution in [2.24, 2.45) is 0 Å². The van der Waals surface area contributed by atoms with Gasteiger partial charge in [-0.15, -0.1) is 0 Å². The lowest BCUT2D eigenvalue weighted by Crippen LogP contribution is -2.12. The van der Waals surface area contributed by atoms with Crippen LogP contribution in [0.15, 0.2) is 10.6 Å². The van der Waals surface area contributed by atoms with Gasteiger partial charge in [0.05, 0.1) is 0 Å². The molecule has 0 radical (unpaired) electrons. The highest BCUT2D eigenvalue weighted by atomic mass is 79.9. The minimum absolute atomic E-state index is 0.255. The van der Waals surface area contributed by atoms with Crippen molar-refractivity contribution < 1.29 is 9.47 Å². The van der Waals surface area contributed by atoms with Gasteiger partial charge in [0, 0.05) is 18.7 Å². The lowest BCUT2D eigenvalue weighted by atomic mass is 10.5. The molecule has 0 aromatic rings. The van der Waals surface area contributed by atoms with Crippen molar-refractivity contribution in [3.05, 3.63) is 10.6 Å². The number of ether oxygens (including phenoxy) is 2. The quantitative estimate of drug-likeness (QED) is 0.640. The molecule has 0 heterocycles. The highest BCUT2D eigenvalue weighted by molar-refractivity contribution is 9.11. The van der Waals surface area contributed by atoms with Gasteiger partial charge in [0.2, 0.25) is 0 Å². The Labute approximate surface area is 64.0 Å². The summed E-state index contributed by atoms with van der Waals surface area (Å²) in [4.78, 5) is 0. The molecule has 0 saturated heterocycles. The Hall–Kier alpha value is 0.140. The topological polar surface area (TPSA) is 18.5 Å². The van der Waals surface area contributed by atoms with E-state index in [9.17, 15) is 0 Å². The standard InChI is InChI=1S/C6H11BrO2/c1-4-5(7)6(8-2)9-3/h4,6H,1-3H3. The Morgan fingerprint density at radius 1 is 1.44 bits per heavy atom. The van der Waals surface area contributed by atoms with Crippen LogP contribution in [0, 0.1) is 0 Å². The fourth-order valence-electron chi connectivity index (χ4n) is 0.457. The molecule has 0 N–H and O–H groups in total. The Bertz CT molecular complexity index is 97.2. The third-order valence-electron chi connectivity index (χ3n) is 0.929. The average Bonchev–Trinajstić information content (AvgIpc) is 1.90. The fraction of sp³-hybridized carbons (Fsp3) is 0.667. The Balaban J connectivity index is 3.79. The average molecular weight is 195 g/mol. The van der Waals surface area contributed by atoms with Crippen LogP contribution in [0.5, 0.6) is 0 Å². The van der Waals surface area contributed by atoms with Crippen LogP contribution in [0.2, 0.25) is 0 Å². The molecular formula is C6H11BrO2. The van der Waals surface area contributed by atoms with E-state index in [0.29, 0.717) is 0 Å². The van der Waals surface area contributed by atoms with Crippen LogP contribution >= 0.6 is 15.9 Å². The summed E-state index contributed by atoms with van der Waals surface area (Å²) in [5, 5.41) is 0. The van der Waals surface area contributed by atoms with Crippen LogP contribution in [-0.4, -0.2) is 20.5 Å². The highest BCUT2D eigenvalue weighted by Crippen LogP contribution is 2.13. The van der Waals surface area contributed by atoms with Crippen LogP contribution in [0.25, 0.3) is 0 Å². The molecule has 0 spiro atoms. The van der Waals surface area contributed by atoms with Crippen molar-refractivity contribution >= 4 is 15.9 Å². The molecule has 0 bridgehead atoms. The maximum absolute atomic E-state index is 4.91. The lowest BCUT2D eigenvalue weighted by molar-refractivity contribution is -0.0688. The Morgan fingerprint density at radius 2 is 1.89 bits per heavy atom. The van der Waals surface area contributed by atoms with Gasteiger partial charge < -0.3 is 9.47 Å². The van der Waals surface area contributed by atoms with E-state index >= 15 is 0 Å². The number of halogens is 1. The zero-order chi connectivity index (χ0) is 7.28. The number of rotatable bonds is 3. The van der Waals surface area contributed by atoms with Gasteiger partial charge in [0.1, 0.15) is 0 Å². The van der Waals surface area contributed by atoms with Gasteiger partial charge in [-0.05, 0) is 6.92 Å². The molecule has 3 heteroatoms. The number of methoxy groups -OCH3 is 2. The van der Waals surface area contributed by atoms with E-state index in [1.54, 1.807) is 14.2 Å². The molecule has 0 aromatic carbocycles. The summed E-state index contributed by atoms with van der Waals surface area (Å²) >= 11 is 3.27. The molecule has 0 saturated carbocycles. The van der Waals surface area contributed by atoms with Gasteiger partial charge in [0.15, 0.2) is 6.29 Å². The normalized spacial score (nSPS) is 12.8. The SMILES string of the molecule is CC=C(Br)C(OC)OC. The first-order valence-electron chi connectivity index (χ1n) is 2.63. The zero-order valence-corrected chi connectivity index (χ0v) is 7.44. The lowest BCUT2D eigenvalue weighted by Gasteiger charge is -2.11. The molecule has 0 aliphatic rings. The number of hydrogen-bond acceptors (Lipinski definition) is 2. The van der Waals surface area contributed by atoms with Gasteiger partial charge in [0.25, 0.3) is 0 Å². The van der Waals surface area contributed by atoms with Crippen molar-refractivity contribution in [3.8, 4) is 0 Å². The molecule has 9 heavy (non-hydrogen) atoms. The monoisotopic (exact) mass is 194 g/mol. The van der Waals surface area contributed by atoms with Crippen molar-refractivity contribution in [2.45, 2.75) is 13.2 Å². The summed E-state index contributed by atoms with van der Waals surface area (Å²) in [7, 11) is 3.19. The first-order valence-corrected chi connectivity index (χ1v) is 3.42. The minimum atomic E-state index is -0.255. The molecule has 0 atom stereocenters. The smallest absolute Gasteiger partial charge is 0.189 e. The molecule has 0 aromatic heterocycles. The van der Waals surface area contributed by atoms with Gasteiger partial charge in [-0.1, -0.05) is 22.0 Å². The van der Waals surface area contributed by atoms with Crippen molar-refractivity contribution in [1.82, 2.24) is 0 Å². The van der Waals surface area contributed by atoms with Crippen LogP contribution in [-0.2, 0) is 9.47 Å².